The lowest BCUT2D eigenvalue weighted by Crippen LogP contribution is -2.54. The van der Waals surface area contributed by atoms with Crippen LogP contribution in [0.2, 0.25) is 0 Å². The first kappa shape index (κ1) is 12.4. The van der Waals surface area contributed by atoms with Gasteiger partial charge in [0, 0.05) is 13.6 Å². The molecule has 3 nitrogen and oxygen atoms in total. The van der Waals surface area contributed by atoms with Crippen LogP contribution in [0.15, 0.2) is 0 Å². The first-order valence-electron chi connectivity index (χ1n) is 5.15. The lowest BCUT2D eigenvalue weighted by molar-refractivity contribution is -0.150. The quantitative estimate of drug-likeness (QED) is 0.770. The van der Waals surface area contributed by atoms with Gasteiger partial charge in [0.25, 0.3) is 6.43 Å². The Kier molecular flexibility index (Phi) is 3.65. The van der Waals surface area contributed by atoms with Crippen LogP contribution in [0.4, 0.5) is 8.78 Å². The molecule has 0 atom stereocenters. The number of hydrogen-bond acceptors (Lipinski definition) is 2. The van der Waals surface area contributed by atoms with Gasteiger partial charge in [-0.05, 0) is 18.8 Å². The van der Waals surface area contributed by atoms with Gasteiger partial charge in [-0.25, -0.2) is 8.78 Å². The molecule has 0 aromatic carbocycles. The van der Waals surface area contributed by atoms with Crippen LogP contribution in [0, 0.1) is 11.3 Å². The van der Waals surface area contributed by atoms with Gasteiger partial charge in [0.1, 0.15) is 0 Å². The maximum absolute atomic E-state index is 12.1. The van der Waals surface area contributed by atoms with Crippen LogP contribution in [-0.2, 0) is 4.79 Å². The number of alkyl halides is 2. The molecule has 0 saturated heterocycles. The molecule has 1 aliphatic rings. The Hall–Kier alpha value is -0.710. The van der Waals surface area contributed by atoms with Crippen molar-refractivity contribution in [2.75, 3.05) is 20.1 Å². The molecule has 1 amide bonds. The van der Waals surface area contributed by atoms with E-state index in [2.05, 4.69) is 0 Å². The van der Waals surface area contributed by atoms with Gasteiger partial charge in [0.15, 0.2) is 0 Å². The summed E-state index contributed by atoms with van der Waals surface area (Å²) in [5.41, 5.74) is 5.00. The van der Waals surface area contributed by atoms with Gasteiger partial charge in [-0.15, -0.1) is 0 Å². The molecule has 0 aromatic rings. The summed E-state index contributed by atoms with van der Waals surface area (Å²) in [6, 6.07) is 0. The van der Waals surface area contributed by atoms with Gasteiger partial charge in [0.2, 0.25) is 5.91 Å². The maximum Gasteiger partial charge on any atom is 0.255 e. The summed E-state index contributed by atoms with van der Waals surface area (Å²) in [6.07, 6.45) is -1.04. The number of carbonyl (C=O) groups is 1. The molecule has 88 valence electrons. The molecule has 1 aliphatic carbocycles. The van der Waals surface area contributed by atoms with Gasteiger partial charge in [0.05, 0.1) is 12.0 Å². The van der Waals surface area contributed by atoms with Gasteiger partial charge >= 0.3 is 0 Å². The molecule has 0 radical (unpaired) electrons. The molecule has 1 saturated carbocycles. The third-order valence-corrected chi connectivity index (χ3v) is 3.08. The fourth-order valence-corrected chi connectivity index (χ4v) is 2.40. The monoisotopic (exact) mass is 220 g/mol. The number of rotatable bonds is 4. The van der Waals surface area contributed by atoms with Crippen LogP contribution in [0.5, 0.6) is 0 Å². The van der Waals surface area contributed by atoms with E-state index in [0.29, 0.717) is 5.92 Å². The Balaban J connectivity index is 2.58. The highest BCUT2D eigenvalue weighted by molar-refractivity contribution is 5.83. The number of halogens is 2. The Morgan fingerprint density at radius 3 is 2.47 bits per heavy atom. The van der Waals surface area contributed by atoms with Crippen molar-refractivity contribution in [1.29, 1.82) is 0 Å². The van der Waals surface area contributed by atoms with E-state index in [-0.39, 0.29) is 12.5 Å². The molecule has 1 rings (SSSR count). The van der Waals surface area contributed by atoms with E-state index in [0.717, 1.165) is 17.7 Å². The third-order valence-electron chi connectivity index (χ3n) is 3.08. The van der Waals surface area contributed by atoms with Crippen molar-refractivity contribution in [2.24, 2.45) is 17.1 Å². The van der Waals surface area contributed by atoms with Crippen molar-refractivity contribution in [3.8, 4) is 0 Å². The SMILES string of the molecule is CC1CC(CN)(C(=O)N(C)CC(F)F)C1. The van der Waals surface area contributed by atoms with Crippen molar-refractivity contribution in [2.45, 2.75) is 26.2 Å². The van der Waals surface area contributed by atoms with Crippen molar-refractivity contribution in [1.82, 2.24) is 4.90 Å². The molecule has 15 heavy (non-hydrogen) atoms. The van der Waals surface area contributed by atoms with Crippen LogP contribution < -0.4 is 5.73 Å². The predicted octanol–water partition coefficient (Wildman–Crippen LogP) is 1.08. The first-order valence-corrected chi connectivity index (χ1v) is 5.15. The molecular weight excluding hydrogens is 202 g/mol. The second kappa shape index (κ2) is 4.43. The third kappa shape index (κ3) is 2.45. The molecule has 0 aromatic heterocycles. The van der Waals surface area contributed by atoms with E-state index in [1.54, 1.807) is 0 Å². The summed E-state index contributed by atoms with van der Waals surface area (Å²) in [5, 5.41) is 0. The topological polar surface area (TPSA) is 46.3 Å². The summed E-state index contributed by atoms with van der Waals surface area (Å²) in [4.78, 5) is 13.0. The average molecular weight is 220 g/mol. The zero-order chi connectivity index (χ0) is 11.6. The normalized spacial score (nSPS) is 30.1. The molecule has 0 aliphatic heterocycles. The number of carbonyl (C=O) groups excluding carboxylic acids is 1. The maximum atomic E-state index is 12.1. The largest absolute Gasteiger partial charge is 0.340 e. The van der Waals surface area contributed by atoms with E-state index in [9.17, 15) is 13.6 Å². The Bertz CT molecular complexity index is 240. The van der Waals surface area contributed by atoms with Crippen LogP contribution in [-0.4, -0.2) is 37.4 Å². The smallest absolute Gasteiger partial charge is 0.255 e. The molecule has 2 N–H and O–H groups in total. The second-order valence-electron chi connectivity index (χ2n) is 4.57. The highest BCUT2D eigenvalue weighted by Crippen LogP contribution is 2.45. The Morgan fingerprint density at radius 1 is 1.60 bits per heavy atom. The van der Waals surface area contributed by atoms with Gasteiger partial charge in [-0.1, -0.05) is 6.92 Å². The molecule has 0 heterocycles. The van der Waals surface area contributed by atoms with E-state index in [4.69, 9.17) is 5.73 Å². The van der Waals surface area contributed by atoms with Crippen molar-refractivity contribution in [3.63, 3.8) is 0 Å². The number of hydrogen-bond donors (Lipinski definition) is 1. The van der Waals surface area contributed by atoms with Crippen molar-refractivity contribution in [3.05, 3.63) is 0 Å². The van der Waals surface area contributed by atoms with Gasteiger partial charge < -0.3 is 10.6 Å². The summed E-state index contributed by atoms with van der Waals surface area (Å²) in [7, 11) is 1.41. The first-order chi connectivity index (χ1) is 6.91. The van der Waals surface area contributed by atoms with E-state index in [1.165, 1.54) is 7.05 Å². The lowest BCUT2D eigenvalue weighted by Gasteiger charge is -2.46. The standard InChI is InChI=1S/C10H18F2N2O/c1-7-3-10(4-7,6-13)9(15)14(2)5-8(11)12/h7-8H,3-6,13H2,1-2H3. The fourth-order valence-electron chi connectivity index (χ4n) is 2.40. The average Bonchev–Trinajstić information content (AvgIpc) is 2.10. The number of nitrogens with zero attached hydrogens (tertiary/aromatic N) is 1. The zero-order valence-electron chi connectivity index (χ0n) is 9.17. The van der Waals surface area contributed by atoms with E-state index < -0.39 is 18.4 Å². The highest BCUT2D eigenvalue weighted by Gasteiger charge is 2.48. The molecule has 0 spiro atoms. The highest BCUT2D eigenvalue weighted by atomic mass is 19.3. The fraction of sp³-hybridized carbons (Fsp3) is 0.900. The minimum absolute atomic E-state index is 0.233. The van der Waals surface area contributed by atoms with Gasteiger partial charge in [-0.2, -0.15) is 0 Å². The lowest BCUT2D eigenvalue weighted by atomic mass is 9.62. The Labute approximate surface area is 88.6 Å². The summed E-state index contributed by atoms with van der Waals surface area (Å²) in [5.74, 6) is 0.237. The Morgan fingerprint density at radius 2 is 2.13 bits per heavy atom. The van der Waals surface area contributed by atoms with Crippen LogP contribution >= 0.6 is 0 Å². The minimum Gasteiger partial charge on any atom is -0.340 e. The van der Waals surface area contributed by atoms with Crippen LogP contribution in [0.25, 0.3) is 0 Å². The molecule has 1 fully saturated rings. The summed E-state index contributed by atoms with van der Waals surface area (Å²) >= 11 is 0. The van der Waals surface area contributed by atoms with Crippen LogP contribution in [0.1, 0.15) is 19.8 Å². The second-order valence-corrected chi connectivity index (χ2v) is 4.57. The predicted molar refractivity (Wildman–Crippen MR) is 53.5 cm³/mol. The van der Waals surface area contributed by atoms with Gasteiger partial charge in [-0.3, -0.25) is 4.79 Å². The number of amides is 1. The zero-order valence-corrected chi connectivity index (χ0v) is 9.17. The van der Waals surface area contributed by atoms with Crippen molar-refractivity contribution >= 4 is 5.91 Å². The molecule has 5 heteroatoms. The van der Waals surface area contributed by atoms with E-state index >= 15 is 0 Å². The van der Waals surface area contributed by atoms with Crippen LogP contribution in [0.3, 0.4) is 0 Å². The molecular formula is C10H18F2N2O. The molecule has 0 unspecified atom stereocenters. The molecule has 0 bridgehead atoms. The van der Waals surface area contributed by atoms with Crippen molar-refractivity contribution < 1.29 is 13.6 Å². The summed E-state index contributed by atoms with van der Waals surface area (Å²) < 4.78 is 24.2. The summed E-state index contributed by atoms with van der Waals surface area (Å²) in [6.45, 7) is 1.78. The van der Waals surface area contributed by atoms with E-state index in [1.807, 2.05) is 6.92 Å². The minimum atomic E-state index is -2.48. The number of nitrogens with two attached hydrogens (primary N) is 1.